The average Bonchev–Trinajstić information content (AvgIpc) is 3.41. The first-order valence-corrected chi connectivity index (χ1v) is 11.2. The Hall–Kier alpha value is -3.77. The number of hydrogen-bond acceptors (Lipinski definition) is 7. The number of ether oxygens (including phenoxy) is 1. The summed E-state index contributed by atoms with van der Waals surface area (Å²) in [5, 5.41) is -0.354. The van der Waals surface area contributed by atoms with Gasteiger partial charge in [-0.25, -0.2) is 14.2 Å². The number of carbonyl (C=O) groups excluding carboxylic acids is 2. The van der Waals surface area contributed by atoms with Crippen LogP contribution in [0.15, 0.2) is 52.2 Å². The van der Waals surface area contributed by atoms with E-state index in [-0.39, 0.29) is 21.9 Å². The second kappa shape index (κ2) is 8.54. The van der Waals surface area contributed by atoms with Gasteiger partial charge in [-0.15, -0.1) is 0 Å². The molecule has 4 aromatic rings. The maximum Gasteiger partial charge on any atom is 0.341 e. The van der Waals surface area contributed by atoms with Crippen LogP contribution in [0.2, 0.25) is 5.02 Å². The number of carbonyl (C=O) groups is 2. The lowest BCUT2D eigenvalue weighted by atomic mass is 10.0. The summed E-state index contributed by atoms with van der Waals surface area (Å²) in [5.41, 5.74) is -1.17. The van der Waals surface area contributed by atoms with Crippen molar-refractivity contribution in [3.05, 3.63) is 76.0 Å². The molecule has 3 heterocycles. The topological polar surface area (TPSA) is 123 Å². The van der Waals surface area contributed by atoms with Gasteiger partial charge in [0.05, 0.1) is 23.4 Å². The zero-order chi connectivity index (χ0) is 24.8. The molecule has 1 aromatic carbocycles. The molecule has 0 aliphatic rings. The van der Waals surface area contributed by atoms with Crippen molar-refractivity contribution < 1.29 is 36.0 Å². The number of methoxy groups -OCH3 is 1. The fourth-order valence-electron chi connectivity index (χ4n) is 3.22. The van der Waals surface area contributed by atoms with E-state index in [0.717, 1.165) is 31.4 Å². The quantitative estimate of drug-likeness (QED) is 0.233. The van der Waals surface area contributed by atoms with E-state index >= 15 is 4.48 Å². The van der Waals surface area contributed by atoms with E-state index in [1.807, 2.05) is 0 Å². The lowest BCUT2D eigenvalue weighted by molar-refractivity contribution is 0.0598. The van der Waals surface area contributed by atoms with Gasteiger partial charge < -0.3 is 14.1 Å². The highest BCUT2D eigenvalue weighted by Gasteiger charge is 2.32. The summed E-state index contributed by atoms with van der Waals surface area (Å²) < 4.78 is 63.9. The standard InChI is InChI=1S/C21H14ClF2N3O6S/c1-10-13(21(29)32-2)7-18(33-10)34(30,31)27(24)12-3-4-17(23)15(6-12)19(28)16-9-26-20-14(16)5-11(22)8-25-20/h3-9H,1-2H3,(H,25,26). The second-order valence-electron chi connectivity index (χ2n) is 6.99. The molecule has 1 N–H and O–H groups in total. The number of nitrogens with one attached hydrogen (secondary N) is 1. The van der Waals surface area contributed by atoms with Gasteiger partial charge in [0, 0.05) is 29.4 Å². The van der Waals surface area contributed by atoms with Crippen molar-refractivity contribution in [1.82, 2.24) is 9.97 Å². The van der Waals surface area contributed by atoms with Gasteiger partial charge in [-0.05, 0) is 31.2 Å². The third kappa shape index (κ3) is 3.90. The van der Waals surface area contributed by atoms with Crippen LogP contribution >= 0.6 is 11.6 Å². The van der Waals surface area contributed by atoms with Crippen LogP contribution in [0.25, 0.3) is 11.0 Å². The van der Waals surface area contributed by atoms with E-state index in [4.69, 9.17) is 16.0 Å². The molecule has 0 saturated carbocycles. The number of H-pyrrole nitrogens is 1. The number of rotatable bonds is 6. The first-order valence-electron chi connectivity index (χ1n) is 9.41. The minimum Gasteiger partial charge on any atom is -0.465 e. The van der Waals surface area contributed by atoms with E-state index in [9.17, 15) is 22.4 Å². The molecule has 0 amide bonds. The van der Waals surface area contributed by atoms with Crippen LogP contribution in [0.1, 0.15) is 32.0 Å². The van der Waals surface area contributed by atoms with Gasteiger partial charge in [0.25, 0.3) is 0 Å². The van der Waals surface area contributed by atoms with Gasteiger partial charge in [-0.3, -0.25) is 4.79 Å². The van der Waals surface area contributed by atoms with E-state index in [0.29, 0.717) is 11.0 Å². The van der Waals surface area contributed by atoms with Crippen LogP contribution in [0.5, 0.6) is 0 Å². The van der Waals surface area contributed by atoms with Gasteiger partial charge in [0.1, 0.15) is 22.8 Å². The zero-order valence-corrected chi connectivity index (χ0v) is 19.0. The lowest BCUT2D eigenvalue weighted by Crippen LogP contribution is -2.22. The molecule has 0 aliphatic carbocycles. The molecule has 0 atom stereocenters. The highest BCUT2D eigenvalue weighted by atomic mass is 35.5. The molecule has 9 nitrogen and oxygen atoms in total. The Bertz CT molecular complexity index is 1560. The number of aryl methyl sites for hydroxylation is 1. The fraction of sp³-hybridized carbons (Fsp3) is 0.0952. The van der Waals surface area contributed by atoms with Crippen LogP contribution in [0, 0.1) is 12.7 Å². The summed E-state index contributed by atoms with van der Waals surface area (Å²) in [7, 11) is -3.88. The predicted octanol–water partition coefficient (Wildman–Crippen LogP) is 4.35. The average molecular weight is 510 g/mol. The fourth-order valence-corrected chi connectivity index (χ4v) is 4.42. The van der Waals surface area contributed by atoms with Crippen molar-refractivity contribution >= 4 is 50.1 Å². The van der Waals surface area contributed by atoms with Crippen LogP contribution in [-0.2, 0) is 14.8 Å². The molecule has 0 fully saturated rings. The smallest absolute Gasteiger partial charge is 0.341 e. The van der Waals surface area contributed by atoms with Crippen molar-refractivity contribution in [2.75, 3.05) is 11.6 Å². The van der Waals surface area contributed by atoms with Crippen LogP contribution < -0.4 is 4.53 Å². The summed E-state index contributed by atoms with van der Waals surface area (Å²) in [6.07, 6.45) is 2.63. The molecule has 176 valence electrons. The largest absolute Gasteiger partial charge is 0.465 e. The molecule has 0 aliphatic heterocycles. The van der Waals surface area contributed by atoms with Gasteiger partial charge in [-0.1, -0.05) is 20.6 Å². The van der Waals surface area contributed by atoms with Gasteiger partial charge in [0.2, 0.25) is 5.09 Å². The van der Waals surface area contributed by atoms with E-state index in [1.165, 1.54) is 25.4 Å². The summed E-state index contributed by atoms with van der Waals surface area (Å²) in [4.78, 5) is 31.5. The number of ketones is 1. The number of nitrogens with zero attached hydrogens (tertiary/aromatic N) is 2. The third-order valence-electron chi connectivity index (χ3n) is 4.91. The Kier molecular flexibility index (Phi) is 5.87. The zero-order valence-electron chi connectivity index (χ0n) is 17.4. The maximum absolute atomic E-state index is 15.0. The monoisotopic (exact) mass is 509 g/mol. The van der Waals surface area contributed by atoms with Crippen molar-refractivity contribution in [2.24, 2.45) is 0 Å². The lowest BCUT2D eigenvalue weighted by Gasteiger charge is -2.13. The van der Waals surface area contributed by atoms with E-state index < -0.39 is 48.5 Å². The Morgan fingerprint density at radius 3 is 2.62 bits per heavy atom. The van der Waals surface area contributed by atoms with Crippen LogP contribution in [0.4, 0.5) is 14.6 Å². The first-order chi connectivity index (χ1) is 16.0. The summed E-state index contributed by atoms with van der Waals surface area (Å²) in [6, 6.07) is 4.57. The molecule has 0 unspecified atom stereocenters. The number of esters is 1. The number of halogens is 3. The van der Waals surface area contributed by atoms with E-state index in [2.05, 4.69) is 14.7 Å². The van der Waals surface area contributed by atoms with Crippen LogP contribution in [-0.4, -0.2) is 37.2 Å². The molecular weight excluding hydrogens is 496 g/mol. The maximum atomic E-state index is 15.0. The van der Waals surface area contributed by atoms with Gasteiger partial charge in [-0.2, -0.15) is 8.42 Å². The minimum absolute atomic E-state index is 0.00121. The normalized spacial score (nSPS) is 11.6. The molecule has 13 heteroatoms. The summed E-state index contributed by atoms with van der Waals surface area (Å²) in [6.45, 7) is 1.30. The predicted molar refractivity (Wildman–Crippen MR) is 116 cm³/mol. The van der Waals surface area contributed by atoms with Crippen molar-refractivity contribution in [3.8, 4) is 0 Å². The third-order valence-corrected chi connectivity index (χ3v) is 6.45. The molecule has 0 spiro atoms. The highest BCUT2D eigenvalue weighted by molar-refractivity contribution is 7.92. The number of furan rings is 1. The SMILES string of the molecule is COC(=O)c1cc(S(=O)(=O)N(F)c2ccc(F)c(C(=O)c3c[nH]c4ncc(Cl)cc34)c2)oc1C. The molecule has 0 saturated heterocycles. The number of anilines is 1. The Morgan fingerprint density at radius 2 is 1.91 bits per heavy atom. The van der Waals surface area contributed by atoms with Gasteiger partial charge >= 0.3 is 16.0 Å². The number of pyridine rings is 1. The first kappa shape index (κ1) is 23.4. The number of benzene rings is 1. The van der Waals surface area contributed by atoms with Crippen LogP contribution in [0.3, 0.4) is 0 Å². The highest BCUT2D eigenvalue weighted by Crippen LogP contribution is 2.30. The molecule has 0 radical (unpaired) electrons. The molecule has 4 rings (SSSR count). The summed E-state index contributed by atoms with van der Waals surface area (Å²) in [5.74, 6) is -2.86. The minimum atomic E-state index is -4.96. The Labute approximate surface area is 195 Å². The number of fused-ring (bicyclic) bond motifs is 1. The molecule has 3 aromatic heterocycles. The number of sulfonamides is 1. The molecule has 34 heavy (non-hydrogen) atoms. The number of aromatic nitrogens is 2. The second-order valence-corrected chi connectivity index (χ2v) is 9.10. The van der Waals surface area contributed by atoms with Crippen molar-refractivity contribution in [3.63, 3.8) is 0 Å². The van der Waals surface area contributed by atoms with Crippen molar-refractivity contribution in [2.45, 2.75) is 12.0 Å². The number of aromatic amines is 1. The molecule has 0 bridgehead atoms. The summed E-state index contributed by atoms with van der Waals surface area (Å²) >= 11 is 5.92. The molecular formula is C21H14ClF2N3O6S. The Morgan fingerprint density at radius 1 is 1.18 bits per heavy atom. The van der Waals surface area contributed by atoms with E-state index in [1.54, 1.807) is 0 Å². The van der Waals surface area contributed by atoms with Gasteiger partial charge in [0.15, 0.2) is 5.78 Å². The number of hydrogen-bond donors (Lipinski definition) is 1. The Balaban J connectivity index is 1.73. The van der Waals surface area contributed by atoms with Crippen molar-refractivity contribution in [1.29, 1.82) is 0 Å².